The van der Waals surface area contributed by atoms with E-state index in [1.807, 2.05) is 6.92 Å². The molecule has 0 saturated heterocycles. The number of rotatable bonds is 8. The van der Waals surface area contributed by atoms with Gasteiger partial charge in [0.2, 0.25) is 0 Å². The number of ether oxygens (including phenoxy) is 2. The summed E-state index contributed by atoms with van der Waals surface area (Å²) >= 11 is 0. The highest BCUT2D eigenvalue weighted by Gasteiger charge is 2.10. The Morgan fingerprint density at radius 1 is 1.15 bits per heavy atom. The van der Waals surface area contributed by atoms with Crippen LogP contribution in [0.3, 0.4) is 0 Å². The van der Waals surface area contributed by atoms with Gasteiger partial charge in [0.25, 0.3) is 0 Å². The quantitative estimate of drug-likeness (QED) is 0.323. The average molecular weight is 356 g/mol. The molecule has 0 amide bonds. The lowest BCUT2D eigenvalue weighted by atomic mass is 10.2. The van der Waals surface area contributed by atoms with Crippen molar-refractivity contribution in [3.05, 3.63) is 47.5 Å². The van der Waals surface area contributed by atoms with Crippen LogP contribution in [0.15, 0.2) is 46.6 Å². The highest BCUT2D eigenvalue weighted by atomic mass is 16.5. The molecule has 7 heteroatoms. The van der Waals surface area contributed by atoms with Crippen LogP contribution in [0.1, 0.15) is 40.5 Å². The maximum Gasteiger partial charge on any atom is 0.338 e. The van der Waals surface area contributed by atoms with E-state index in [2.05, 4.69) is 10.2 Å². The van der Waals surface area contributed by atoms with E-state index in [-0.39, 0.29) is 23.0 Å². The molecule has 0 bridgehead atoms. The van der Waals surface area contributed by atoms with Gasteiger partial charge in [0.05, 0.1) is 36.2 Å². The predicted octanol–water partition coefficient (Wildman–Crippen LogP) is 4.59. The summed E-state index contributed by atoms with van der Waals surface area (Å²) in [6.45, 7) is 2.42. The lowest BCUT2D eigenvalue weighted by Crippen LogP contribution is -2.05. The van der Waals surface area contributed by atoms with E-state index in [1.54, 1.807) is 24.3 Å². The van der Waals surface area contributed by atoms with Crippen molar-refractivity contribution in [1.82, 2.24) is 0 Å². The first kappa shape index (κ1) is 19.1. The molecule has 0 aliphatic rings. The Labute approximate surface area is 151 Å². The fraction of sp³-hybridized carbons (Fsp3) is 0.263. The van der Waals surface area contributed by atoms with E-state index >= 15 is 0 Å². The minimum Gasteiger partial charge on any atom is -0.504 e. The van der Waals surface area contributed by atoms with Gasteiger partial charge in [-0.05, 0) is 36.8 Å². The smallest absolute Gasteiger partial charge is 0.338 e. The number of methoxy groups -OCH3 is 1. The van der Waals surface area contributed by atoms with Gasteiger partial charge < -0.3 is 14.6 Å². The molecule has 26 heavy (non-hydrogen) atoms. The number of phenols is 1. The van der Waals surface area contributed by atoms with Crippen LogP contribution in [0, 0.1) is 0 Å². The normalized spacial score (nSPS) is 10.7. The number of nitrogens with zero attached hydrogens (tertiary/aromatic N) is 2. The topological polar surface area (TPSA) is 97.6 Å². The molecule has 0 heterocycles. The predicted molar refractivity (Wildman–Crippen MR) is 95.9 cm³/mol. The lowest BCUT2D eigenvalue weighted by molar-refractivity contribution is 0.0499. The van der Waals surface area contributed by atoms with Crippen LogP contribution < -0.4 is 4.74 Å². The number of unbranched alkanes of at least 4 members (excludes halogenated alkanes) is 1. The highest BCUT2D eigenvalue weighted by molar-refractivity contribution is 5.89. The Balaban J connectivity index is 2.11. The molecule has 7 nitrogen and oxygen atoms in total. The second kappa shape index (κ2) is 9.31. The number of aldehydes is 1. The zero-order valence-electron chi connectivity index (χ0n) is 14.6. The summed E-state index contributed by atoms with van der Waals surface area (Å²) in [6, 6.07) is 9.35. The average Bonchev–Trinajstić information content (AvgIpc) is 2.67. The van der Waals surface area contributed by atoms with Crippen molar-refractivity contribution in [2.75, 3.05) is 13.7 Å². The van der Waals surface area contributed by atoms with Gasteiger partial charge in [-0.1, -0.05) is 13.3 Å². The van der Waals surface area contributed by atoms with Crippen LogP contribution in [0.2, 0.25) is 0 Å². The SMILES string of the molecule is CCCCOC(=O)c1ccc(N=Nc2cc(C=O)c(O)c(OC)c2)cc1. The molecule has 2 aromatic rings. The van der Waals surface area contributed by atoms with E-state index in [0.717, 1.165) is 12.8 Å². The Kier molecular flexibility index (Phi) is 6.84. The Morgan fingerprint density at radius 2 is 1.85 bits per heavy atom. The zero-order valence-corrected chi connectivity index (χ0v) is 14.6. The summed E-state index contributed by atoms with van der Waals surface area (Å²) < 4.78 is 10.1. The van der Waals surface area contributed by atoms with Crippen molar-refractivity contribution < 1.29 is 24.2 Å². The fourth-order valence-electron chi connectivity index (χ4n) is 2.09. The van der Waals surface area contributed by atoms with Crippen molar-refractivity contribution in [2.45, 2.75) is 19.8 Å². The molecule has 2 aromatic carbocycles. The monoisotopic (exact) mass is 356 g/mol. The van der Waals surface area contributed by atoms with Crippen molar-refractivity contribution in [1.29, 1.82) is 0 Å². The summed E-state index contributed by atoms with van der Waals surface area (Å²) in [5, 5.41) is 17.9. The first-order chi connectivity index (χ1) is 12.6. The Bertz CT molecular complexity index is 800. The molecule has 136 valence electrons. The maximum atomic E-state index is 11.8. The van der Waals surface area contributed by atoms with Crippen molar-refractivity contribution in [2.24, 2.45) is 10.2 Å². The Hall–Kier alpha value is -3.22. The molecular formula is C19H20N2O5. The molecule has 1 N–H and O–H groups in total. The van der Waals surface area contributed by atoms with Crippen LogP contribution in [-0.2, 0) is 4.74 Å². The van der Waals surface area contributed by atoms with Crippen LogP contribution in [-0.4, -0.2) is 31.1 Å². The number of carbonyl (C=O) groups is 2. The molecule has 0 aliphatic heterocycles. The second-order valence-corrected chi connectivity index (χ2v) is 5.44. The van der Waals surface area contributed by atoms with Gasteiger partial charge in [-0.15, -0.1) is 0 Å². The zero-order chi connectivity index (χ0) is 18.9. The third-order valence-electron chi connectivity index (χ3n) is 3.55. The fourth-order valence-corrected chi connectivity index (χ4v) is 2.09. The number of hydrogen-bond donors (Lipinski definition) is 1. The van der Waals surface area contributed by atoms with E-state index in [0.29, 0.717) is 29.8 Å². The summed E-state index contributed by atoms with van der Waals surface area (Å²) in [7, 11) is 1.38. The lowest BCUT2D eigenvalue weighted by Gasteiger charge is -2.06. The van der Waals surface area contributed by atoms with E-state index in [1.165, 1.54) is 19.2 Å². The number of hydrogen-bond acceptors (Lipinski definition) is 7. The van der Waals surface area contributed by atoms with Crippen molar-refractivity contribution >= 4 is 23.6 Å². The van der Waals surface area contributed by atoms with Gasteiger partial charge in [0, 0.05) is 6.07 Å². The maximum absolute atomic E-state index is 11.8. The molecule has 2 rings (SSSR count). The molecule has 0 saturated carbocycles. The molecule has 0 atom stereocenters. The number of phenolic OH excluding ortho intramolecular Hbond substituents is 1. The van der Waals surface area contributed by atoms with Crippen molar-refractivity contribution in [3.8, 4) is 11.5 Å². The van der Waals surface area contributed by atoms with Gasteiger partial charge in [0.1, 0.15) is 0 Å². The summed E-state index contributed by atoms with van der Waals surface area (Å²) in [5.74, 6) is -0.484. The van der Waals surface area contributed by atoms with Crippen LogP contribution >= 0.6 is 0 Å². The number of aromatic hydroxyl groups is 1. The van der Waals surface area contributed by atoms with Gasteiger partial charge in [0.15, 0.2) is 17.8 Å². The number of azo groups is 1. The standard InChI is InChI=1S/C19H20N2O5/c1-3-4-9-26-19(24)13-5-7-15(8-6-13)20-21-16-10-14(12-22)18(23)17(11-16)25-2/h5-8,10-12,23H,3-4,9H2,1-2H3. The van der Waals surface area contributed by atoms with Crippen LogP contribution in [0.4, 0.5) is 11.4 Å². The molecule has 0 radical (unpaired) electrons. The third kappa shape index (κ3) is 4.89. The van der Waals surface area contributed by atoms with Gasteiger partial charge in [-0.2, -0.15) is 10.2 Å². The minimum atomic E-state index is -0.374. The summed E-state index contributed by atoms with van der Waals surface area (Å²) in [4.78, 5) is 22.8. The molecule has 0 unspecified atom stereocenters. The van der Waals surface area contributed by atoms with Gasteiger partial charge in [-0.25, -0.2) is 4.79 Å². The van der Waals surface area contributed by atoms with Gasteiger partial charge >= 0.3 is 5.97 Å². The van der Waals surface area contributed by atoms with E-state index in [4.69, 9.17) is 9.47 Å². The van der Waals surface area contributed by atoms with Crippen LogP contribution in [0.5, 0.6) is 11.5 Å². The largest absolute Gasteiger partial charge is 0.504 e. The first-order valence-electron chi connectivity index (χ1n) is 8.14. The van der Waals surface area contributed by atoms with Crippen LogP contribution in [0.25, 0.3) is 0 Å². The third-order valence-corrected chi connectivity index (χ3v) is 3.55. The first-order valence-corrected chi connectivity index (χ1v) is 8.14. The van der Waals surface area contributed by atoms with Crippen molar-refractivity contribution in [3.63, 3.8) is 0 Å². The van der Waals surface area contributed by atoms with E-state index in [9.17, 15) is 14.7 Å². The number of carbonyl (C=O) groups excluding carboxylic acids is 2. The molecule has 0 spiro atoms. The number of esters is 1. The molecule has 0 fully saturated rings. The Morgan fingerprint density at radius 3 is 2.46 bits per heavy atom. The van der Waals surface area contributed by atoms with E-state index < -0.39 is 0 Å². The van der Waals surface area contributed by atoms with Gasteiger partial charge in [-0.3, -0.25) is 4.79 Å². The molecular weight excluding hydrogens is 336 g/mol. The summed E-state index contributed by atoms with van der Waals surface area (Å²) in [6.07, 6.45) is 2.30. The molecule has 0 aliphatic carbocycles. The second-order valence-electron chi connectivity index (χ2n) is 5.44. The summed E-state index contributed by atoms with van der Waals surface area (Å²) in [5.41, 5.74) is 1.37. The molecule has 0 aromatic heterocycles. The minimum absolute atomic E-state index is 0.0588. The number of benzene rings is 2. The highest BCUT2D eigenvalue weighted by Crippen LogP contribution is 2.34.